The van der Waals surface area contributed by atoms with E-state index >= 15 is 0 Å². The van der Waals surface area contributed by atoms with Gasteiger partial charge >= 0.3 is 17.9 Å². The van der Waals surface area contributed by atoms with Crippen LogP contribution >= 0.6 is 0 Å². The zero-order valence-electron chi connectivity index (χ0n) is 9.04. The van der Waals surface area contributed by atoms with Gasteiger partial charge in [-0.2, -0.15) is 0 Å². The third kappa shape index (κ3) is 5.28. The summed E-state index contributed by atoms with van der Waals surface area (Å²) in [6, 6.07) is 0. The Hall–Kier alpha value is -1.66. The van der Waals surface area contributed by atoms with Crippen molar-refractivity contribution in [2.24, 2.45) is 0 Å². The van der Waals surface area contributed by atoms with Crippen LogP contribution in [0, 0.1) is 0 Å². The van der Waals surface area contributed by atoms with E-state index in [0.717, 1.165) is 12.2 Å². The standard InChI is InChI=1S/C10H14O6/c1-3-5-8(12)15-10(14,7-11)16-9(13)6-4-2/h3-6,11,14H,7H2,1-2H3/b5-3-,6-4-. The quantitative estimate of drug-likeness (QED) is 0.388. The molecule has 0 saturated carbocycles. The number of allylic oxidation sites excluding steroid dienone is 2. The smallest absolute Gasteiger partial charge is 0.393 e. The maximum Gasteiger partial charge on any atom is 0.398 e. The third-order valence-corrected chi connectivity index (χ3v) is 1.33. The Morgan fingerprint density at radius 1 is 1.12 bits per heavy atom. The molecule has 0 aliphatic heterocycles. The van der Waals surface area contributed by atoms with Gasteiger partial charge < -0.3 is 19.7 Å². The Kier molecular flexibility index (Phi) is 6.06. The molecule has 0 aromatic rings. The van der Waals surface area contributed by atoms with Crippen LogP contribution in [0.2, 0.25) is 0 Å². The van der Waals surface area contributed by atoms with Crippen LogP contribution in [0.5, 0.6) is 0 Å². The molecule has 0 bridgehead atoms. The van der Waals surface area contributed by atoms with Crippen molar-refractivity contribution in [1.29, 1.82) is 0 Å². The van der Waals surface area contributed by atoms with E-state index < -0.39 is 24.5 Å². The number of ether oxygens (including phenoxy) is 2. The molecule has 0 atom stereocenters. The predicted octanol–water partition coefficient (Wildman–Crippen LogP) is -0.137. The minimum atomic E-state index is -2.66. The summed E-state index contributed by atoms with van der Waals surface area (Å²) in [5, 5.41) is 18.2. The molecule has 0 saturated heterocycles. The summed E-state index contributed by atoms with van der Waals surface area (Å²) < 4.78 is 8.69. The Morgan fingerprint density at radius 2 is 1.50 bits per heavy atom. The highest BCUT2D eigenvalue weighted by atomic mass is 16.8. The zero-order valence-corrected chi connectivity index (χ0v) is 9.04. The van der Waals surface area contributed by atoms with Gasteiger partial charge in [0, 0.05) is 12.2 Å². The number of rotatable bonds is 5. The van der Waals surface area contributed by atoms with Gasteiger partial charge in [0.2, 0.25) is 0 Å². The maximum atomic E-state index is 11.0. The molecule has 0 aromatic carbocycles. The van der Waals surface area contributed by atoms with Gasteiger partial charge in [0.15, 0.2) is 0 Å². The van der Waals surface area contributed by atoms with E-state index in [9.17, 15) is 14.7 Å². The fourth-order valence-corrected chi connectivity index (χ4v) is 0.740. The number of carbonyl (C=O) groups excluding carboxylic acids is 2. The predicted molar refractivity (Wildman–Crippen MR) is 53.8 cm³/mol. The van der Waals surface area contributed by atoms with Crippen molar-refractivity contribution in [3.8, 4) is 0 Å². The molecule has 0 aliphatic rings. The van der Waals surface area contributed by atoms with E-state index in [1.807, 2.05) is 0 Å². The van der Waals surface area contributed by atoms with Crippen molar-refractivity contribution in [2.75, 3.05) is 6.61 Å². The second-order valence-electron chi connectivity index (χ2n) is 2.71. The molecule has 0 rings (SSSR count). The summed E-state index contributed by atoms with van der Waals surface area (Å²) in [7, 11) is 0. The summed E-state index contributed by atoms with van der Waals surface area (Å²) in [5.74, 6) is -4.53. The van der Waals surface area contributed by atoms with Crippen LogP contribution in [0.1, 0.15) is 13.8 Å². The fraction of sp³-hybridized carbons (Fsp3) is 0.400. The SMILES string of the molecule is C/C=C\C(=O)OC(O)(CO)OC(=O)/C=C\C. The first-order chi connectivity index (χ1) is 7.47. The molecule has 16 heavy (non-hydrogen) atoms. The Balaban J connectivity index is 4.53. The highest BCUT2D eigenvalue weighted by molar-refractivity contribution is 5.83. The lowest BCUT2D eigenvalue weighted by atomic mass is 10.5. The van der Waals surface area contributed by atoms with Crippen molar-refractivity contribution >= 4 is 11.9 Å². The normalized spacial score (nSPS) is 12.0. The highest BCUT2D eigenvalue weighted by Crippen LogP contribution is 2.10. The second kappa shape index (κ2) is 6.76. The van der Waals surface area contributed by atoms with Crippen molar-refractivity contribution in [1.82, 2.24) is 0 Å². The van der Waals surface area contributed by atoms with Crippen LogP contribution < -0.4 is 0 Å². The van der Waals surface area contributed by atoms with Gasteiger partial charge in [0.1, 0.15) is 6.61 Å². The topological polar surface area (TPSA) is 93.1 Å². The number of esters is 2. The summed E-state index contributed by atoms with van der Waals surface area (Å²) in [4.78, 5) is 21.9. The molecule has 6 heteroatoms. The van der Waals surface area contributed by atoms with E-state index in [1.165, 1.54) is 12.2 Å². The molecule has 2 N–H and O–H groups in total. The molecule has 0 aliphatic carbocycles. The summed E-state index contributed by atoms with van der Waals surface area (Å²) in [6.07, 6.45) is 4.75. The van der Waals surface area contributed by atoms with Gasteiger partial charge in [-0.1, -0.05) is 12.2 Å². The number of aliphatic hydroxyl groups is 2. The van der Waals surface area contributed by atoms with E-state index in [1.54, 1.807) is 13.8 Å². The molecule has 0 heterocycles. The van der Waals surface area contributed by atoms with Crippen LogP contribution in [0.3, 0.4) is 0 Å². The summed E-state index contributed by atoms with van der Waals surface area (Å²) in [5.41, 5.74) is 0. The first kappa shape index (κ1) is 14.3. The molecule has 0 unspecified atom stereocenters. The van der Waals surface area contributed by atoms with E-state index in [-0.39, 0.29) is 0 Å². The lowest BCUT2D eigenvalue weighted by Crippen LogP contribution is -2.42. The number of aliphatic hydroxyl groups excluding tert-OH is 1. The van der Waals surface area contributed by atoms with Crippen molar-refractivity contribution in [3.05, 3.63) is 24.3 Å². The van der Waals surface area contributed by atoms with Crippen LogP contribution in [-0.4, -0.2) is 34.7 Å². The molecule has 0 aromatic heterocycles. The summed E-state index contributed by atoms with van der Waals surface area (Å²) >= 11 is 0. The second-order valence-corrected chi connectivity index (χ2v) is 2.71. The van der Waals surface area contributed by atoms with Crippen LogP contribution in [-0.2, 0) is 19.1 Å². The zero-order chi connectivity index (χ0) is 12.6. The lowest BCUT2D eigenvalue weighted by Gasteiger charge is -2.23. The number of hydrogen-bond acceptors (Lipinski definition) is 6. The van der Waals surface area contributed by atoms with E-state index in [4.69, 9.17) is 5.11 Å². The monoisotopic (exact) mass is 230 g/mol. The van der Waals surface area contributed by atoms with Gasteiger partial charge in [0.25, 0.3) is 0 Å². The maximum absolute atomic E-state index is 11.0. The lowest BCUT2D eigenvalue weighted by molar-refractivity contribution is -0.333. The van der Waals surface area contributed by atoms with Crippen LogP contribution in [0.4, 0.5) is 0 Å². The van der Waals surface area contributed by atoms with Crippen LogP contribution in [0.15, 0.2) is 24.3 Å². The molecular formula is C10H14O6. The number of carbonyl (C=O) groups is 2. The number of hydrogen-bond donors (Lipinski definition) is 2. The molecule has 0 spiro atoms. The Morgan fingerprint density at radius 3 is 1.75 bits per heavy atom. The minimum absolute atomic E-state index is 0.938. The largest absolute Gasteiger partial charge is 0.398 e. The summed E-state index contributed by atoms with van der Waals surface area (Å²) in [6.45, 7) is 2.07. The van der Waals surface area contributed by atoms with Crippen LogP contribution in [0.25, 0.3) is 0 Å². The molecule has 0 radical (unpaired) electrons. The first-order valence-electron chi connectivity index (χ1n) is 4.52. The first-order valence-corrected chi connectivity index (χ1v) is 4.52. The average Bonchev–Trinajstić information content (AvgIpc) is 2.17. The van der Waals surface area contributed by atoms with Gasteiger partial charge in [-0.3, -0.25) is 0 Å². The molecule has 6 nitrogen and oxygen atoms in total. The van der Waals surface area contributed by atoms with E-state index in [2.05, 4.69) is 9.47 Å². The Labute approximate surface area is 92.8 Å². The molecule has 0 fully saturated rings. The Bertz CT molecular complexity index is 278. The van der Waals surface area contributed by atoms with Gasteiger partial charge in [-0.05, 0) is 13.8 Å². The van der Waals surface area contributed by atoms with Gasteiger partial charge in [0.05, 0.1) is 0 Å². The fourth-order valence-electron chi connectivity index (χ4n) is 0.740. The van der Waals surface area contributed by atoms with Gasteiger partial charge in [-0.25, -0.2) is 9.59 Å². The van der Waals surface area contributed by atoms with Crippen molar-refractivity contribution in [2.45, 2.75) is 19.8 Å². The van der Waals surface area contributed by atoms with Gasteiger partial charge in [-0.15, -0.1) is 0 Å². The van der Waals surface area contributed by atoms with Crippen molar-refractivity contribution in [3.63, 3.8) is 0 Å². The average molecular weight is 230 g/mol. The van der Waals surface area contributed by atoms with Crippen molar-refractivity contribution < 1.29 is 29.3 Å². The van der Waals surface area contributed by atoms with E-state index in [0.29, 0.717) is 0 Å². The highest BCUT2D eigenvalue weighted by Gasteiger charge is 2.34. The molecule has 0 amide bonds. The minimum Gasteiger partial charge on any atom is -0.393 e. The molecular weight excluding hydrogens is 216 g/mol. The third-order valence-electron chi connectivity index (χ3n) is 1.33. The molecule has 90 valence electrons.